The molecule has 2 aromatic rings. The molecule has 2 aromatic carbocycles. The van der Waals surface area contributed by atoms with Crippen molar-refractivity contribution in [3.8, 4) is 0 Å². The molecule has 0 saturated carbocycles. The molecule has 0 saturated heterocycles. The number of halogens is 2. The van der Waals surface area contributed by atoms with Gasteiger partial charge in [0.2, 0.25) is 0 Å². The molecular formula is C16H12BrFO. The summed E-state index contributed by atoms with van der Waals surface area (Å²) in [5, 5.41) is 0. The monoisotopic (exact) mass is 318 g/mol. The lowest BCUT2D eigenvalue weighted by molar-refractivity contribution is -0.113. The van der Waals surface area contributed by atoms with Gasteiger partial charge in [-0.25, -0.2) is 4.39 Å². The molecule has 0 atom stereocenters. The average Bonchev–Trinajstić information content (AvgIpc) is 2.43. The molecule has 2 rings (SSSR count). The summed E-state index contributed by atoms with van der Waals surface area (Å²) in [5.74, 6) is -0.410. The normalized spacial score (nSPS) is 10.8. The number of ketones is 1. The molecule has 0 unspecified atom stereocenters. The second-order valence-corrected chi connectivity index (χ2v) is 4.89. The maximum Gasteiger partial charge on any atom is 0.160 e. The van der Waals surface area contributed by atoms with E-state index in [2.05, 4.69) is 15.9 Å². The first-order valence-corrected chi connectivity index (χ1v) is 6.65. The van der Waals surface area contributed by atoms with E-state index in [0.717, 1.165) is 5.56 Å². The third-order valence-electron chi connectivity index (χ3n) is 2.66. The van der Waals surface area contributed by atoms with Crippen LogP contribution in [0.25, 0.3) is 6.08 Å². The summed E-state index contributed by atoms with van der Waals surface area (Å²) in [6.07, 6.45) is 3.46. The molecule has 0 amide bonds. The Bertz CT molecular complexity index is 605. The maximum absolute atomic E-state index is 13.3. The van der Waals surface area contributed by atoms with Gasteiger partial charge in [-0.1, -0.05) is 48.5 Å². The van der Waals surface area contributed by atoms with E-state index in [9.17, 15) is 9.18 Å². The molecule has 0 N–H and O–H groups in total. The standard InChI is InChI=1S/C16H12BrFO/c17-16-13(7-4-8-15(16)18)11-14(19)10-9-12-5-2-1-3-6-12/h1-10H,11H2/b10-9+. The molecule has 0 aliphatic carbocycles. The fraction of sp³-hybridized carbons (Fsp3) is 0.0625. The first-order chi connectivity index (χ1) is 9.16. The molecule has 96 valence electrons. The number of hydrogen-bond donors (Lipinski definition) is 0. The zero-order valence-corrected chi connectivity index (χ0v) is 11.7. The summed E-state index contributed by atoms with van der Waals surface area (Å²) < 4.78 is 13.7. The predicted octanol–water partition coefficient (Wildman–Crippen LogP) is 4.41. The number of carbonyl (C=O) groups is 1. The highest BCUT2D eigenvalue weighted by molar-refractivity contribution is 9.10. The van der Waals surface area contributed by atoms with Crippen LogP contribution in [0.1, 0.15) is 11.1 Å². The van der Waals surface area contributed by atoms with E-state index in [4.69, 9.17) is 0 Å². The number of allylic oxidation sites excluding steroid dienone is 1. The Morgan fingerprint density at radius 1 is 1.11 bits per heavy atom. The topological polar surface area (TPSA) is 17.1 Å². The molecule has 1 nitrogen and oxygen atoms in total. The quantitative estimate of drug-likeness (QED) is 0.763. The van der Waals surface area contributed by atoms with Gasteiger partial charge in [-0.2, -0.15) is 0 Å². The van der Waals surface area contributed by atoms with Gasteiger partial charge >= 0.3 is 0 Å². The van der Waals surface area contributed by atoms with Crippen LogP contribution >= 0.6 is 15.9 Å². The summed E-state index contributed by atoms with van der Waals surface area (Å²) >= 11 is 3.15. The molecule has 0 spiro atoms. The van der Waals surface area contributed by atoms with Gasteiger partial charge in [0.15, 0.2) is 5.78 Å². The Hall–Kier alpha value is -1.74. The van der Waals surface area contributed by atoms with Gasteiger partial charge < -0.3 is 0 Å². The molecule has 0 bridgehead atoms. The maximum atomic E-state index is 13.3. The van der Waals surface area contributed by atoms with Crippen molar-refractivity contribution in [3.05, 3.63) is 76.0 Å². The van der Waals surface area contributed by atoms with Gasteiger partial charge in [-0.15, -0.1) is 0 Å². The minimum Gasteiger partial charge on any atom is -0.294 e. The van der Waals surface area contributed by atoms with Gasteiger partial charge in [-0.3, -0.25) is 4.79 Å². The van der Waals surface area contributed by atoms with Crippen LogP contribution < -0.4 is 0 Å². The van der Waals surface area contributed by atoms with Crippen LogP contribution in [0.2, 0.25) is 0 Å². The lowest BCUT2D eigenvalue weighted by atomic mass is 10.1. The minimum absolute atomic E-state index is 0.0600. The van der Waals surface area contributed by atoms with E-state index < -0.39 is 0 Å². The Labute approximate surface area is 119 Å². The van der Waals surface area contributed by atoms with E-state index in [0.29, 0.717) is 10.0 Å². The van der Waals surface area contributed by atoms with E-state index in [1.54, 1.807) is 18.2 Å². The average molecular weight is 319 g/mol. The van der Waals surface area contributed by atoms with Crippen molar-refractivity contribution in [2.45, 2.75) is 6.42 Å². The van der Waals surface area contributed by atoms with Gasteiger partial charge in [0.1, 0.15) is 5.82 Å². The Kier molecular flexibility index (Phi) is 4.63. The summed E-state index contributed by atoms with van der Waals surface area (Å²) in [6.45, 7) is 0. The molecule has 0 aliphatic heterocycles. The van der Waals surface area contributed by atoms with Crippen molar-refractivity contribution in [3.63, 3.8) is 0 Å². The molecule has 0 heterocycles. The molecule has 0 aliphatic rings. The van der Waals surface area contributed by atoms with Crippen molar-refractivity contribution in [2.24, 2.45) is 0 Å². The zero-order valence-electron chi connectivity index (χ0n) is 10.1. The lowest BCUT2D eigenvalue weighted by Crippen LogP contribution is -2.00. The van der Waals surface area contributed by atoms with Crippen LogP contribution in [0.4, 0.5) is 4.39 Å². The first-order valence-electron chi connectivity index (χ1n) is 5.85. The first kappa shape index (κ1) is 13.7. The van der Waals surface area contributed by atoms with Crippen molar-refractivity contribution >= 4 is 27.8 Å². The molecule has 19 heavy (non-hydrogen) atoms. The highest BCUT2D eigenvalue weighted by Gasteiger charge is 2.07. The summed E-state index contributed by atoms with van der Waals surface area (Å²) in [5.41, 5.74) is 1.62. The lowest BCUT2D eigenvalue weighted by Gasteiger charge is -2.02. The van der Waals surface area contributed by atoms with Gasteiger partial charge in [0, 0.05) is 6.42 Å². The van der Waals surface area contributed by atoms with Crippen molar-refractivity contribution in [1.29, 1.82) is 0 Å². The zero-order chi connectivity index (χ0) is 13.7. The number of rotatable bonds is 4. The molecular weight excluding hydrogens is 307 g/mol. The Morgan fingerprint density at radius 3 is 2.58 bits per heavy atom. The van der Waals surface area contributed by atoms with Crippen molar-refractivity contribution in [2.75, 3.05) is 0 Å². The Balaban J connectivity index is 2.06. The minimum atomic E-state index is -0.350. The van der Waals surface area contributed by atoms with Crippen molar-refractivity contribution < 1.29 is 9.18 Å². The fourth-order valence-corrected chi connectivity index (χ4v) is 2.09. The van der Waals surface area contributed by atoms with Crippen LogP contribution in [0.15, 0.2) is 59.1 Å². The SMILES string of the molecule is O=C(/C=C/c1ccccc1)Cc1cccc(F)c1Br. The largest absolute Gasteiger partial charge is 0.294 e. The smallest absolute Gasteiger partial charge is 0.160 e. The fourth-order valence-electron chi connectivity index (χ4n) is 1.68. The van der Waals surface area contributed by atoms with E-state index in [-0.39, 0.29) is 18.0 Å². The summed E-state index contributed by atoms with van der Waals surface area (Å²) in [4.78, 5) is 11.8. The molecule has 3 heteroatoms. The number of hydrogen-bond acceptors (Lipinski definition) is 1. The summed E-state index contributed by atoms with van der Waals surface area (Å²) in [6, 6.07) is 14.3. The van der Waals surface area contributed by atoms with Crippen molar-refractivity contribution in [1.82, 2.24) is 0 Å². The second-order valence-electron chi connectivity index (χ2n) is 4.10. The molecule has 0 fully saturated rings. The second kappa shape index (κ2) is 6.43. The van der Waals surface area contributed by atoms with Gasteiger partial charge in [-0.05, 0) is 39.2 Å². The highest BCUT2D eigenvalue weighted by atomic mass is 79.9. The summed E-state index contributed by atoms with van der Waals surface area (Å²) in [7, 11) is 0. The van der Waals surface area contributed by atoms with E-state index >= 15 is 0 Å². The highest BCUT2D eigenvalue weighted by Crippen LogP contribution is 2.21. The Morgan fingerprint density at radius 2 is 1.84 bits per heavy atom. The third-order valence-corrected chi connectivity index (χ3v) is 3.55. The van der Waals surface area contributed by atoms with Crippen LogP contribution in [0, 0.1) is 5.82 Å². The van der Waals surface area contributed by atoms with Crippen LogP contribution in [0.3, 0.4) is 0 Å². The van der Waals surface area contributed by atoms with Gasteiger partial charge in [0.05, 0.1) is 4.47 Å². The number of carbonyl (C=O) groups excluding carboxylic acids is 1. The van der Waals surface area contributed by atoms with E-state index in [1.165, 1.54) is 12.1 Å². The third kappa shape index (κ3) is 3.86. The van der Waals surface area contributed by atoms with Gasteiger partial charge in [0.25, 0.3) is 0 Å². The van der Waals surface area contributed by atoms with Crippen LogP contribution in [0.5, 0.6) is 0 Å². The molecule has 0 radical (unpaired) electrons. The predicted molar refractivity (Wildman–Crippen MR) is 78.3 cm³/mol. The van der Waals surface area contributed by atoms with Crippen LogP contribution in [-0.4, -0.2) is 5.78 Å². The van der Waals surface area contributed by atoms with E-state index in [1.807, 2.05) is 30.3 Å². The van der Waals surface area contributed by atoms with Crippen LogP contribution in [-0.2, 0) is 11.2 Å². The number of benzene rings is 2. The molecule has 0 aromatic heterocycles.